The van der Waals surface area contributed by atoms with Crippen molar-refractivity contribution in [1.29, 1.82) is 0 Å². The Morgan fingerprint density at radius 1 is 1.35 bits per heavy atom. The number of aromatic nitrogens is 1. The molecule has 0 atom stereocenters. The molecule has 0 aromatic carbocycles. The van der Waals surface area contributed by atoms with E-state index in [-0.39, 0.29) is 17.0 Å². The monoisotopic (exact) mass is 254 g/mol. The van der Waals surface area contributed by atoms with Gasteiger partial charge in [0.25, 0.3) is 5.91 Å². The Kier molecular flexibility index (Phi) is 4.23. The summed E-state index contributed by atoms with van der Waals surface area (Å²) in [4.78, 5) is 26.2. The molecule has 2 N–H and O–H groups in total. The van der Waals surface area contributed by atoms with Crippen molar-refractivity contribution in [3.05, 3.63) is 34.5 Å². The number of halogens is 1. The number of anilines is 1. The van der Waals surface area contributed by atoms with Crippen LogP contribution in [0.25, 0.3) is 0 Å². The molecule has 0 unspecified atom stereocenters. The highest BCUT2D eigenvalue weighted by atomic mass is 35.5. The van der Waals surface area contributed by atoms with Crippen molar-refractivity contribution in [2.24, 2.45) is 0 Å². The number of aliphatic carboxylic acids is 1. The van der Waals surface area contributed by atoms with Crippen LogP contribution in [0.2, 0.25) is 5.02 Å². The summed E-state index contributed by atoms with van der Waals surface area (Å²) in [6.45, 7) is 2.80. The highest BCUT2D eigenvalue weighted by molar-refractivity contribution is 6.30. The van der Waals surface area contributed by atoms with E-state index >= 15 is 0 Å². The van der Waals surface area contributed by atoms with Gasteiger partial charge in [0, 0.05) is 22.4 Å². The van der Waals surface area contributed by atoms with Crippen molar-refractivity contribution in [2.75, 3.05) is 5.32 Å². The number of nitrogens with one attached hydrogen (secondary N) is 1. The number of carboxylic acid groups (broad SMARTS) is 1. The van der Waals surface area contributed by atoms with Crippen molar-refractivity contribution in [1.82, 2.24) is 4.98 Å². The summed E-state index contributed by atoms with van der Waals surface area (Å²) in [7, 11) is 0. The predicted molar refractivity (Wildman–Crippen MR) is 63.9 cm³/mol. The van der Waals surface area contributed by atoms with E-state index in [0.29, 0.717) is 5.02 Å². The zero-order chi connectivity index (χ0) is 13.0. The van der Waals surface area contributed by atoms with Gasteiger partial charge in [0.15, 0.2) is 0 Å². The Hall–Kier alpha value is -1.88. The highest BCUT2D eigenvalue weighted by Gasteiger charge is 2.13. The zero-order valence-corrected chi connectivity index (χ0v) is 10.1. The van der Waals surface area contributed by atoms with Gasteiger partial charge in [-0.25, -0.2) is 9.78 Å². The third-order valence-corrected chi connectivity index (χ3v) is 2.42. The van der Waals surface area contributed by atoms with Crippen molar-refractivity contribution >= 4 is 29.3 Å². The number of hydrogen-bond acceptors (Lipinski definition) is 3. The molecular formula is C11H11ClN2O3. The Bertz CT molecular complexity index is 497. The molecule has 1 amide bonds. The van der Waals surface area contributed by atoms with Crippen molar-refractivity contribution in [3.8, 4) is 0 Å². The van der Waals surface area contributed by atoms with E-state index in [9.17, 15) is 9.59 Å². The number of pyridine rings is 1. The van der Waals surface area contributed by atoms with Gasteiger partial charge >= 0.3 is 5.97 Å². The molecule has 1 aromatic heterocycles. The maximum atomic E-state index is 11.7. The van der Waals surface area contributed by atoms with E-state index in [4.69, 9.17) is 16.7 Å². The second-order valence-electron chi connectivity index (χ2n) is 3.37. The molecule has 0 saturated carbocycles. The predicted octanol–water partition coefficient (Wildman–Crippen LogP) is 2.09. The van der Waals surface area contributed by atoms with Gasteiger partial charge in [0.1, 0.15) is 5.82 Å². The molecule has 5 nitrogen and oxygen atoms in total. The topological polar surface area (TPSA) is 79.3 Å². The second-order valence-corrected chi connectivity index (χ2v) is 3.81. The minimum absolute atomic E-state index is 0.00970. The van der Waals surface area contributed by atoms with Crippen LogP contribution in [0.3, 0.4) is 0 Å². The summed E-state index contributed by atoms with van der Waals surface area (Å²) in [5.74, 6) is -1.36. The Labute approximate surface area is 103 Å². The molecule has 1 heterocycles. The van der Waals surface area contributed by atoms with E-state index < -0.39 is 11.9 Å². The van der Waals surface area contributed by atoms with Gasteiger partial charge in [-0.15, -0.1) is 0 Å². The minimum Gasteiger partial charge on any atom is -0.478 e. The SMILES string of the molecule is C/C(C(=O)O)=C(/C)C(=O)Nc1cc(Cl)ccn1. The van der Waals surface area contributed by atoms with E-state index in [0.717, 1.165) is 0 Å². The maximum absolute atomic E-state index is 11.7. The average Bonchev–Trinajstić information content (AvgIpc) is 2.26. The number of rotatable bonds is 3. The van der Waals surface area contributed by atoms with E-state index in [1.54, 1.807) is 6.07 Å². The number of amides is 1. The molecule has 0 aliphatic carbocycles. The van der Waals surface area contributed by atoms with E-state index in [2.05, 4.69) is 10.3 Å². The Morgan fingerprint density at radius 2 is 2.00 bits per heavy atom. The van der Waals surface area contributed by atoms with Gasteiger partial charge in [-0.1, -0.05) is 11.6 Å². The minimum atomic E-state index is -1.13. The summed E-state index contributed by atoms with van der Waals surface area (Å²) >= 11 is 5.72. The van der Waals surface area contributed by atoms with Gasteiger partial charge in [0.05, 0.1) is 0 Å². The van der Waals surface area contributed by atoms with E-state index in [1.165, 1.54) is 26.1 Å². The summed E-state index contributed by atoms with van der Waals surface area (Å²) in [5, 5.41) is 11.6. The van der Waals surface area contributed by atoms with Crippen LogP contribution in [0.4, 0.5) is 5.82 Å². The first kappa shape index (κ1) is 13.2. The lowest BCUT2D eigenvalue weighted by Crippen LogP contribution is -2.16. The largest absolute Gasteiger partial charge is 0.478 e. The zero-order valence-electron chi connectivity index (χ0n) is 9.32. The molecule has 1 aromatic rings. The second kappa shape index (κ2) is 5.45. The molecular weight excluding hydrogens is 244 g/mol. The normalized spacial score (nSPS) is 11.7. The summed E-state index contributed by atoms with van der Waals surface area (Å²) in [6.07, 6.45) is 1.45. The third kappa shape index (κ3) is 3.57. The Balaban J connectivity index is 2.87. The number of carboxylic acids is 1. The first-order chi connectivity index (χ1) is 7.91. The van der Waals surface area contributed by atoms with Gasteiger partial charge in [-0.3, -0.25) is 4.79 Å². The number of carbonyl (C=O) groups is 2. The summed E-state index contributed by atoms with van der Waals surface area (Å²) in [6, 6.07) is 3.05. The lowest BCUT2D eigenvalue weighted by atomic mass is 10.1. The molecule has 0 bridgehead atoms. The number of nitrogens with zero attached hydrogens (tertiary/aromatic N) is 1. The Morgan fingerprint density at radius 3 is 2.53 bits per heavy atom. The molecule has 0 saturated heterocycles. The lowest BCUT2D eigenvalue weighted by molar-refractivity contribution is -0.133. The summed E-state index contributed by atoms with van der Waals surface area (Å²) < 4.78 is 0. The van der Waals surface area contributed by atoms with Crippen molar-refractivity contribution in [2.45, 2.75) is 13.8 Å². The van der Waals surface area contributed by atoms with Crippen LogP contribution < -0.4 is 5.32 Å². The van der Waals surface area contributed by atoms with Crippen LogP contribution in [-0.2, 0) is 9.59 Å². The van der Waals surface area contributed by atoms with Crippen LogP contribution in [-0.4, -0.2) is 22.0 Å². The van der Waals surface area contributed by atoms with Crippen LogP contribution in [0.5, 0.6) is 0 Å². The third-order valence-electron chi connectivity index (χ3n) is 2.19. The van der Waals surface area contributed by atoms with Gasteiger partial charge in [0.2, 0.25) is 0 Å². The first-order valence-corrected chi connectivity index (χ1v) is 5.13. The molecule has 0 radical (unpaired) electrons. The molecule has 17 heavy (non-hydrogen) atoms. The van der Waals surface area contributed by atoms with Gasteiger partial charge in [-0.05, 0) is 26.0 Å². The van der Waals surface area contributed by atoms with Crippen LogP contribution in [0.15, 0.2) is 29.5 Å². The fraction of sp³-hybridized carbons (Fsp3) is 0.182. The number of carbonyl (C=O) groups excluding carboxylic acids is 1. The standard InChI is InChI=1S/C11H11ClN2O3/c1-6(7(2)11(16)17)10(15)14-9-5-8(12)3-4-13-9/h3-5H,1-2H3,(H,16,17)(H,13,14,15)/b7-6+. The van der Waals surface area contributed by atoms with Gasteiger partial charge < -0.3 is 10.4 Å². The first-order valence-electron chi connectivity index (χ1n) is 4.75. The highest BCUT2D eigenvalue weighted by Crippen LogP contribution is 2.13. The number of hydrogen-bond donors (Lipinski definition) is 2. The lowest BCUT2D eigenvalue weighted by Gasteiger charge is -2.06. The summed E-state index contributed by atoms with van der Waals surface area (Å²) in [5.41, 5.74) is 0.115. The smallest absolute Gasteiger partial charge is 0.331 e. The fourth-order valence-electron chi connectivity index (χ4n) is 1.01. The van der Waals surface area contributed by atoms with Crippen LogP contribution in [0.1, 0.15) is 13.8 Å². The van der Waals surface area contributed by atoms with Crippen LogP contribution >= 0.6 is 11.6 Å². The van der Waals surface area contributed by atoms with Gasteiger partial charge in [-0.2, -0.15) is 0 Å². The fourth-order valence-corrected chi connectivity index (χ4v) is 1.17. The maximum Gasteiger partial charge on any atom is 0.331 e. The molecule has 0 aliphatic heterocycles. The van der Waals surface area contributed by atoms with Crippen LogP contribution in [0, 0.1) is 0 Å². The average molecular weight is 255 g/mol. The molecule has 6 heteroatoms. The van der Waals surface area contributed by atoms with Crippen molar-refractivity contribution < 1.29 is 14.7 Å². The van der Waals surface area contributed by atoms with E-state index in [1.807, 2.05) is 0 Å². The molecule has 0 aliphatic rings. The molecule has 0 fully saturated rings. The molecule has 1 rings (SSSR count). The molecule has 90 valence electrons. The quantitative estimate of drug-likeness (QED) is 0.810. The van der Waals surface area contributed by atoms with Crippen molar-refractivity contribution in [3.63, 3.8) is 0 Å². The molecule has 0 spiro atoms.